The van der Waals surface area contributed by atoms with Gasteiger partial charge in [-0.1, -0.05) is 11.2 Å². The van der Waals surface area contributed by atoms with E-state index in [-0.39, 0.29) is 16.3 Å². The second-order valence-electron chi connectivity index (χ2n) is 6.64. The van der Waals surface area contributed by atoms with Gasteiger partial charge in [0.1, 0.15) is 18.0 Å². The smallest absolute Gasteiger partial charge is 0.270 e. The summed E-state index contributed by atoms with van der Waals surface area (Å²) >= 11 is 1.54. The van der Waals surface area contributed by atoms with Crippen LogP contribution in [-0.2, 0) is 14.8 Å². The van der Waals surface area contributed by atoms with Gasteiger partial charge in [-0.3, -0.25) is 9.10 Å². The number of aryl methyl sites for hydroxylation is 2. The fourth-order valence-corrected chi connectivity index (χ4v) is 5.23. The molecule has 1 amide bonds. The minimum Gasteiger partial charge on any atom is -0.497 e. The van der Waals surface area contributed by atoms with Gasteiger partial charge in [-0.15, -0.1) is 11.8 Å². The van der Waals surface area contributed by atoms with Crippen LogP contribution in [0.15, 0.2) is 62.8 Å². The molecule has 0 saturated carbocycles. The molecule has 0 bridgehead atoms. The van der Waals surface area contributed by atoms with Crippen molar-refractivity contribution in [2.24, 2.45) is 0 Å². The molecule has 1 aromatic heterocycles. The maximum absolute atomic E-state index is 13.5. The Morgan fingerprint density at radius 3 is 2.48 bits per heavy atom. The van der Waals surface area contributed by atoms with Crippen molar-refractivity contribution in [3.8, 4) is 5.75 Å². The molecule has 3 aromatic rings. The molecular formula is C21H23N3O5S2. The lowest BCUT2D eigenvalue weighted by Gasteiger charge is -2.24. The molecule has 1 heterocycles. The normalized spacial score (nSPS) is 11.2. The number of nitrogens with zero attached hydrogens (tertiary/aromatic N) is 2. The van der Waals surface area contributed by atoms with Crippen molar-refractivity contribution in [1.82, 2.24) is 5.16 Å². The van der Waals surface area contributed by atoms with Crippen LogP contribution in [0.5, 0.6) is 5.75 Å². The second kappa shape index (κ2) is 9.44. The molecule has 0 radical (unpaired) electrons. The number of aromatic nitrogens is 1. The molecule has 3 rings (SSSR count). The molecule has 0 aliphatic heterocycles. The van der Waals surface area contributed by atoms with Gasteiger partial charge in [0, 0.05) is 10.6 Å². The van der Waals surface area contributed by atoms with Gasteiger partial charge in [0.05, 0.1) is 12.8 Å². The topological polar surface area (TPSA) is 102 Å². The molecule has 0 aliphatic rings. The van der Waals surface area contributed by atoms with Gasteiger partial charge in [-0.2, -0.15) is 0 Å². The van der Waals surface area contributed by atoms with E-state index in [4.69, 9.17) is 9.26 Å². The minimum absolute atomic E-state index is 0.0551. The third kappa shape index (κ3) is 5.02. The number of benzene rings is 2. The van der Waals surface area contributed by atoms with Crippen molar-refractivity contribution in [1.29, 1.82) is 0 Å². The third-order valence-corrected chi connectivity index (χ3v) is 7.26. The number of amides is 1. The largest absolute Gasteiger partial charge is 0.497 e. The van der Waals surface area contributed by atoms with Crippen molar-refractivity contribution in [3.05, 3.63) is 60.0 Å². The predicted molar refractivity (Wildman–Crippen MR) is 120 cm³/mol. The third-order valence-electron chi connectivity index (χ3n) is 4.52. The van der Waals surface area contributed by atoms with Crippen molar-refractivity contribution in [3.63, 3.8) is 0 Å². The molecule has 8 nitrogen and oxygen atoms in total. The number of hydrogen-bond acceptors (Lipinski definition) is 7. The molecule has 2 aromatic carbocycles. The van der Waals surface area contributed by atoms with Gasteiger partial charge in [-0.05, 0) is 62.6 Å². The predicted octanol–water partition coefficient (Wildman–Crippen LogP) is 3.86. The molecule has 0 spiro atoms. The number of carbonyl (C=O) groups is 1. The monoisotopic (exact) mass is 461 g/mol. The molecule has 0 atom stereocenters. The lowest BCUT2D eigenvalue weighted by Crippen LogP contribution is -2.38. The van der Waals surface area contributed by atoms with Gasteiger partial charge < -0.3 is 14.6 Å². The molecular weight excluding hydrogens is 438 g/mol. The Morgan fingerprint density at radius 1 is 1.19 bits per heavy atom. The summed E-state index contributed by atoms with van der Waals surface area (Å²) in [6.07, 6.45) is 1.93. The van der Waals surface area contributed by atoms with E-state index in [2.05, 4.69) is 10.5 Å². The number of anilines is 2. The van der Waals surface area contributed by atoms with Crippen molar-refractivity contribution in [2.75, 3.05) is 29.5 Å². The summed E-state index contributed by atoms with van der Waals surface area (Å²) in [5, 5.41) is 6.51. The quantitative estimate of drug-likeness (QED) is 0.508. The van der Waals surface area contributed by atoms with E-state index in [0.29, 0.717) is 17.1 Å². The Bertz CT molecular complexity index is 1150. The molecule has 0 aliphatic carbocycles. The summed E-state index contributed by atoms with van der Waals surface area (Å²) in [6.45, 7) is 2.64. The number of nitrogens with one attached hydrogen (secondary N) is 1. The molecule has 31 heavy (non-hydrogen) atoms. The fraction of sp³-hybridized carbons (Fsp3) is 0.238. The maximum Gasteiger partial charge on any atom is 0.270 e. The van der Waals surface area contributed by atoms with Gasteiger partial charge in [0.25, 0.3) is 10.0 Å². The number of hydrogen-bond donors (Lipinski definition) is 1. The zero-order chi connectivity index (χ0) is 22.6. The summed E-state index contributed by atoms with van der Waals surface area (Å²) in [6, 6.07) is 13.7. The molecule has 1 N–H and O–H groups in total. The highest BCUT2D eigenvalue weighted by Gasteiger charge is 2.33. The van der Waals surface area contributed by atoms with Crippen LogP contribution in [0.4, 0.5) is 11.4 Å². The maximum atomic E-state index is 13.5. The summed E-state index contributed by atoms with van der Waals surface area (Å²) < 4.78 is 38.2. The van der Waals surface area contributed by atoms with Gasteiger partial charge in [0.2, 0.25) is 5.91 Å². The SMILES string of the molecule is COc1ccc(N(CC(=O)Nc2cccc(SC)c2)S(=O)(=O)c2c(C)noc2C)cc1. The highest BCUT2D eigenvalue weighted by atomic mass is 32.2. The lowest BCUT2D eigenvalue weighted by molar-refractivity contribution is -0.114. The van der Waals surface area contributed by atoms with Crippen LogP contribution < -0.4 is 14.4 Å². The highest BCUT2D eigenvalue weighted by molar-refractivity contribution is 7.98. The Hall–Kier alpha value is -2.98. The van der Waals surface area contributed by atoms with E-state index in [1.165, 1.54) is 14.0 Å². The van der Waals surface area contributed by atoms with E-state index in [9.17, 15) is 13.2 Å². The van der Waals surface area contributed by atoms with Gasteiger partial charge in [-0.25, -0.2) is 8.42 Å². The van der Waals surface area contributed by atoms with E-state index >= 15 is 0 Å². The fourth-order valence-electron chi connectivity index (χ4n) is 3.05. The minimum atomic E-state index is -4.12. The van der Waals surface area contributed by atoms with Crippen LogP contribution in [0, 0.1) is 13.8 Å². The van der Waals surface area contributed by atoms with Crippen molar-refractivity contribution < 1.29 is 22.5 Å². The summed E-state index contributed by atoms with van der Waals surface area (Å²) in [7, 11) is -2.60. The Kier molecular flexibility index (Phi) is 6.91. The summed E-state index contributed by atoms with van der Waals surface area (Å²) in [5.74, 6) is 0.241. The Balaban J connectivity index is 1.96. The Morgan fingerprint density at radius 2 is 1.90 bits per heavy atom. The zero-order valence-electron chi connectivity index (χ0n) is 17.6. The first kappa shape index (κ1) is 22.7. The molecule has 0 fully saturated rings. The number of thioether (sulfide) groups is 1. The van der Waals surface area contributed by atoms with Crippen LogP contribution >= 0.6 is 11.8 Å². The number of ether oxygens (including phenoxy) is 1. The molecule has 10 heteroatoms. The first-order valence-electron chi connectivity index (χ1n) is 9.30. The zero-order valence-corrected chi connectivity index (χ0v) is 19.2. The lowest BCUT2D eigenvalue weighted by atomic mass is 10.3. The standard InChI is InChI=1S/C21H23N3O5S2/c1-14-21(15(2)29-23-14)31(26,27)24(17-8-10-18(28-3)11-9-17)13-20(25)22-16-6-5-7-19(12-16)30-4/h5-12H,13H2,1-4H3,(H,22,25). The van der Waals surface area contributed by atoms with Crippen LogP contribution in [0.2, 0.25) is 0 Å². The number of methoxy groups -OCH3 is 1. The van der Waals surface area contributed by atoms with E-state index in [1.54, 1.807) is 49.0 Å². The van der Waals surface area contributed by atoms with Crippen molar-refractivity contribution in [2.45, 2.75) is 23.6 Å². The first-order valence-corrected chi connectivity index (χ1v) is 12.0. The van der Waals surface area contributed by atoms with E-state index < -0.39 is 22.5 Å². The summed E-state index contributed by atoms with van der Waals surface area (Å²) in [4.78, 5) is 13.7. The summed E-state index contributed by atoms with van der Waals surface area (Å²) in [5.41, 5.74) is 1.12. The first-order chi connectivity index (χ1) is 14.8. The molecule has 0 unspecified atom stereocenters. The number of sulfonamides is 1. The second-order valence-corrected chi connectivity index (χ2v) is 9.32. The number of rotatable bonds is 8. The number of carbonyl (C=O) groups excluding carboxylic acids is 1. The van der Waals surface area contributed by atoms with Crippen molar-refractivity contribution >= 4 is 39.1 Å². The van der Waals surface area contributed by atoms with E-state index in [1.807, 2.05) is 24.5 Å². The molecule has 164 valence electrons. The van der Waals surface area contributed by atoms with Crippen LogP contribution in [0.25, 0.3) is 0 Å². The van der Waals surface area contributed by atoms with Crippen LogP contribution in [0.3, 0.4) is 0 Å². The van der Waals surface area contributed by atoms with Gasteiger partial charge in [0.15, 0.2) is 10.7 Å². The van der Waals surface area contributed by atoms with Crippen LogP contribution in [-0.4, -0.2) is 39.4 Å². The van der Waals surface area contributed by atoms with Gasteiger partial charge >= 0.3 is 0 Å². The van der Waals surface area contributed by atoms with Crippen LogP contribution in [0.1, 0.15) is 11.5 Å². The average Bonchev–Trinajstić information content (AvgIpc) is 3.11. The average molecular weight is 462 g/mol. The Labute approximate surface area is 185 Å². The molecule has 0 saturated heterocycles. The highest BCUT2D eigenvalue weighted by Crippen LogP contribution is 2.29. The van der Waals surface area contributed by atoms with E-state index in [0.717, 1.165) is 9.20 Å².